The summed E-state index contributed by atoms with van der Waals surface area (Å²) < 4.78 is 5.16. The molecule has 5 heteroatoms. The van der Waals surface area contributed by atoms with Gasteiger partial charge in [-0.25, -0.2) is 0 Å². The van der Waals surface area contributed by atoms with Gasteiger partial charge in [-0.15, -0.1) is 0 Å². The smallest absolute Gasteiger partial charge is 0.191 e. The first-order valence-electron chi connectivity index (χ1n) is 7.64. The van der Waals surface area contributed by atoms with Crippen LogP contribution >= 0.6 is 0 Å². The predicted molar refractivity (Wildman–Crippen MR) is 93.8 cm³/mol. The normalized spacial score (nSPS) is 12.4. The number of hydrogen-bond acceptors (Lipinski definition) is 3. The van der Waals surface area contributed by atoms with Crippen LogP contribution in [-0.2, 0) is 6.42 Å². The van der Waals surface area contributed by atoms with Crippen molar-refractivity contribution in [2.45, 2.75) is 25.8 Å². The van der Waals surface area contributed by atoms with Crippen LogP contribution in [0.2, 0.25) is 0 Å². The molecule has 0 amide bonds. The highest BCUT2D eigenvalue weighted by Crippen LogP contribution is 2.11. The minimum atomic E-state index is 0.0770. The van der Waals surface area contributed by atoms with E-state index in [-0.39, 0.29) is 5.54 Å². The fourth-order valence-electron chi connectivity index (χ4n) is 1.80. The number of guanidine groups is 1. The number of ether oxygens (including phenoxy) is 1. The number of methoxy groups -OCH3 is 1. The van der Waals surface area contributed by atoms with Crippen molar-refractivity contribution in [2.24, 2.45) is 4.99 Å². The Labute approximate surface area is 134 Å². The van der Waals surface area contributed by atoms with Gasteiger partial charge in [-0.05, 0) is 52.1 Å². The molecule has 0 saturated carbocycles. The first-order chi connectivity index (χ1) is 10.4. The lowest BCUT2D eigenvalue weighted by Crippen LogP contribution is -2.51. The van der Waals surface area contributed by atoms with Crippen LogP contribution in [0.5, 0.6) is 5.75 Å². The van der Waals surface area contributed by atoms with Gasteiger partial charge in [0.15, 0.2) is 5.96 Å². The number of nitrogens with zero attached hydrogens (tertiary/aromatic N) is 2. The van der Waals surface area contributed by atoms with Crippen molar-refractivity contribution < 1.29 is 4.74 Å². The lowest BCUT2D eigenvalue weighted by molar-refractivity contribution is 0.197. The Kier molecular flexibility index (Phi) is 7.18. The topological polar surface area (TPSA) is 48.9 Å². The van der Waals surface area contributed by atoms with Crippen LogP contribution in [0.3, 0.4) is 0 Å². The number of rotatable bonds is 7. The molecule has 0 aliphatic heterocycles. The molecular formula is C17H30N4O. The Morgan fingerprint density at radius 2 is 1.82 bits per heavy atom. The SMILES string of the molecule is CN=C(NCCc1ccc(OC)cc1)NCC(C)(C)N(C)C. The number of aliphatic imine (C=N–C) groups is 1. The van der Waals surface area contributed by atoms with E-state index in [0.717, 1.165) is 31.2 Å². The summed E-state index contributed by atoms with van der Waals surface area (Å²) in [5, 5.41) is 6.72. The number of nitrogens with one attached hydrogen (secondary N) is 2. The molecule has 5 nitrogen and oxygen atoms in total. The van der Waals surface area contributed by atoms with Crippen LogP contribution in [-0.4, -0.2) is 57.7 Å². The fourth-order valence-corrected chi connectivity index (χ4v) is 1.80. The van der Waals surface area contributed by atoms with E-state index in [2.05, 4.69) is 60.6 Å². The van der Waals surface area contributed by atoms with Gasteiger partial charge in [0, 0.05) is 25.7 Å². The summed E-state index contributed by atoms with van der Waals surface area (Å²) in [6.07, 6.45) is 0.946. The zero-order valence-corrected chi connectivity index (χ0v) is 14.7. The second-order valence-electron chi connectivity index (χ2n) is 6.16. The molecule has 0 radical (unpaired) electrons. The minimum absolute atomic E-state index is 0.0770. The van der Waals surface area contributed by atoms with Crippen molar-refractivity contribution >= 4 is 5.96 Å². The third-order valence-electron chi connectivity index (χ3n) is 3.99. The summed E-state index contributed by atoms with van der Waals surface area (Å²) in [6.45, 7) is 6.08. The van der Waals surface area contributed by atoms with E-state index >= 15 is 0 Å². The van der Waals surface area contributed by atoms with E-state index < -0.39 is 0 Å². The lowest BCUT2D eigenvalue weighted by atomic mass is 10.0. The summed E-state index contributed by atoms with van der Waals surface area (Å²) in [6, 6.07) is 8.15. The van der Waals surface area contributed by atoms with E-state index in [1.165, 1.54) is 5.56 Å². The molecule has 1 rings (SSSR count). The molecule has 2 N–H and O–H groups in total. The maximum atomic E-state index is 5.16. The van der Waals surface area contributed by atoms with Crippen LogP contribution in [0, 0.1) is 0 Å². The minimum Gasteiger partial charge on any atom is -0.497 e. The summed E-state index contributed by atoms with van der Waals surface area (Å²) in [5.41, 5.74) is 1.35. The number of likely N-dealkylation sites (N-methyl/N-ethyl adjacent to an activating group) is 1. The van der Waals surface area contributed by atoms with Gasteiger partial charge in [0.1, 0.15) is 5.75 Å². The van der Waals surface area contributed by atoms with Gasteiger partial charge in [0.05, 0.1) is 7.11 Å². The van der Waals surface area contributed by atoms with Gasteiger partial charge >= 0.3 is 0 Å². The highest BCUT2D eigenvalue weighted by molar-refractivity contribution is 5.79. The molecule has 0 atom stereocenters. The van der Waals surface area contributed by atoms with Crippen molar-refractivity contribution in [1.29, 1.82) is 0 Å². The molecule has 1 aromatic carbocycles. The van der Waals surface area contributed by atoms with Gasteiger partial charge in [-0.1, -0.05) is 12.1 Å². The average molecular weight is 306 g/mol. The molecule has 22 heavy (non-hydrogen) atoms. The quantitative estimate of drug-likeness (QED) is 0.595. The van der Waals surface area contributed by atoms with E-state index in [1.807, 2.05) is 12.1 Å². The lowest BCUT2D eigenvalue weighted by Gasteiger charge is -2.33. The summed E-state index contributed by atoms with van der Waals surface area (Å²) in [4.78, 5) is 6.46. The molecule has 1 aromatic rings. The van der Waals surface area contributed by atoms with E-state index in [0.29, 0.717) is 0 Å². The average Bonchev–Trinajstić information content (AvgIpc) is 2.51. The molecule has 0 aromatic heterocycles. The first kappa shape index (κ1) is 18.3. The van der Waals surface area contributed by atoms with Crippen molar-refractivity contribution in [3.8, 4) is 5.75 Å². The predicted octanol–water partition coefficient (Wildman–Crippen LogP) is 1.74. The second kappa shape index (κ2) is 8.63. The maximum Gasteiger partial charge on any atom is 0.191 e. The first-order valence-corrected chi connectivity index (χ1v) is 7.64. The number of benzene rings is 1. The van der Waals surface area contributed by atoms with Gasteiger partial charge in [0.2, 0.25) is 0 Å². The second-order valence-corrected chi connectivity index (χ2v) is 6.16. The summed E-state index contributed by atoms with van der Waals surface area (Å²) >= 11 is 0. The fraction of sp³-hybridized carbons (Fsp3) is 0.588. The Hall–Kier alpha value is -1.75. The Bertz CT molecular complexity index is 466. The zero-order valence-electron chi connectivity index (χ0n) is 14.7. The van der Waals surface area contributed by atoms with Crippen LogP contribution in [0.4, 0.5) is 0 Å². The molecular weight excluding hydrogens is 276 g/mol. The Balaban J connectivity index is 2.38. The van der Waals surface area contributed by atoms with Crippen molar-refractivity contribution in [2.75, 3.05) is 41.3 Å². The highest BCUT2D eigenvalue weighted by Gasteiger charge is 2.20. The van der Waals surface area contributed by atoms with Crippen molar-refractivity contribution in [3.63, 3.8) is 0 Å². The Morgan fingerprint density at radius 3 is 2.32 bits per heavy atom. The third kappa shape index (κ3) is 5.93. The van der Waals surface area contributed by atoms with Crippen molar-refractivity contribution in [1.82, 2.24) is 15.5 Å². The van der Waals surface area contributed by atoms with Gasteiger partial charge in [0.25, 0.3) is 0 Å². The van der Waals surface area contributed by atoms with Gasteiger partial charge in [-0.2, -0.15) is 0 Å². The van der Waals surface area contributed by atoms with Crippen molar-refractivity contribution in [3.05, 3.63) is 29.8 Å². The summed E-state index contributed by atoms with van der Waals surface area (Å²) in [7, 11) is 7.65. The molecule has 0 heterocycles. The van der Waals surface area contributed by atoms with Gasteiger partial charge in [-0.3, -0.25) is 4.99 Å². The molecule has 0 unspecified atom stereocenters. The Morgan fingerprint density at radius 1 is 1.18 bits per heavy atom. The molecule has 0 bridgehead atoms. The number of hydrogen-bond donors (Lipinski definition) is 2. The highest BCUT2D eigenvalue weighted by atomic mass is 16.5. The van der Waals surface area contributed by atoms with Crippen LogP contribution < -0.4 is 15.4 Å². The standard InChI is InChI=1S/C17H30N4O/c1-17(2,21(4)5)13-20-16(18-3)19-12-11-14-7-9-15(22-6)10-8-14/h7-10H,11-13H2,1-6H3,(H2,18,19,20). The summed E-state index contributed by atoms with van der Waals surface area (Å²) in [5.74, 6) is 1.73. The largest absolute Gasteiger partial charge is 0.497 e. The molecule has 0 aliphatic carbocycles. The zero-order chi connectivity index (χ0) is 16.6. The molecule has 124 valence electrons. The molecule has 0 aliphatic rings. The maximum absolute atomic E-state index is 5.16. The molecule has 0 spiro atoms. The van der Waals surface area contributed by atoms with Crippen LogP contribution in [0.25, 0.3) is 0 Å². The van der Waals surface area contributed by atoms with E-state index in [4.69, 9.17) is 4.74 Å². The van der Waals surface area contributed by atoms with E-state index in [1.54, 1.807) is 14.2 Å². The molecule has 0 fully saturated rings. The van der Waals surface area contributed by atoms with Crippen LogP contribution in [0.15, 0.2) is 29.3 Å². The van der Waals surface area contributed by atoms with Crippen LogP contribution in [0.1, 0.15) is 19.4 Å². The van der Waals surface area contributed by atoms with E-state index in [9.17, 15) is 0 Å². The molecule has 0 saturated heterocycles. The monoisotopic (exact) mass is 306 g/mol. The third-order valence-corrected chi connectivity index (χ3v) is 3.99. The van der Waals surface area contributed by atoms with Gasteiger partial charge < -0.3 is 20.3 Å².